The Labute approximate surface area is 116 Å². The van der Waals surface area contributed by atoms with E-state index in [1.165, 1.54) is 63.4 Å². The summed E-state index contributed by atoms with van der Waals surface area (Å²) in [6, 6.07) is 7.25. The Balaban J connectivity index is 1.65. The molecule has 0 N–H and O–H groups in total. The summed E-state index contributed by atoms with van der Waals surface area (Å²) < 4.78 is 0. The summed E-state index contributed by atoms with van der Waals surface area (Å²) in [4.78, 5) is 9.96. The Bertz CT molecular complexity index is 412. The molecule has 3 heteroatoms. The van der Waals surface area contributed by atoms with Crippen LogP contribution in [-0.2, 0) is 6.42 Å². The molecule has 3 nitrogen and oxygen atoms in total. The summed E-state index contributed by atoms with van der Waals surface area (Å²) in [6.45, 7) is 7.17. The van der Waals surface area contributed by atoms with Gasteiger partial charge in [-0.25, -0.2) is 4.98 Å². The molecule has 1 aromatic heterocycles. The van der Waals surface area contributed by atoms with Crippen molar-refractivity contribution in [2.45, 2.75) is 45.1 Å². The van der Waals surface area contributed by atoms with Gasteiger partial charge in [0, 0.05) is 24.8 Å². The van der Waals surface area contributed by atoms with Crippen LogP contribution in [0, 0.1) is 0 Å². The molecular formula is C16H25N3. The summed E-state index contributed by atoms with van der Waals surface area (Å²) >= 11 is 0. The standard InChI is InChI=1S/C16H25N3/c1-2-6-14-7-5-8-16(17-14)19-12-9-15(13-19)18-10-3-4-11-18/h5,7-8,15H,2-4,6,9-13H2,1H3. The maximum Gasteiger partial charge on any atom is 0.128 e. The second-order valence-corrected chi connectivity index (χ2v) is 5.87. The average molecular weight is 259 g/mol. The first-order valence-corrected chi connectivity index (χ1v) is 7.82. The highest BCUT2D eigenvalue weighted by molar-refractivity contribution is 5.41. The van der Waals surface area contributed by atoms with Crippen LogP contribution < -0.4 is 4.90 Å². The van der Waals surface area contributed by atoms with E-state index in [1.807, 2.05) is 0 Å². The predicted molar refractivity (Wildman–Crippen MR) is 79.7 cm³/mol. The van der Waals surface area contributed by atoms with E-state index < -0.39 is 0 Å². The molecule has 0 aliphatic carbocycles. The fraction of sp³-hybridized carbons (Fsp3) is 0.688. The Morgan fingerprint density at radius 1 is 1.21 bits per heavy atom. The van der Waals surface area contributed by atoms with Gasteiger partial charge in [0.15, 0.2) is 0 Å². The lowest BCUT2D eigenvalue weighted by molar-refractivity contribution is 0.260. The smallest absolute Gasteiger partial charge is 0.128 e. The van der Waals surface area contributed by atoms with Crippen LogP contribution in [0.5, 0.6) is 0 Å². The van der Waals surface area contributed by atoms with Crippen LogP contribution in [-0.4, -0.2) is 42.1 Å². The van der Waals surface area contributed by atoms with E-state index in [9.17, 15) is 0 Å². The van der Waals surface area contributed by atoms with Crippen LogP contribution in [0.2, 0.25) is 0 Å². The molecule has 0 radical (unpaired) electrons. The number of aromatic nitrogens is 1. The van der Waals surface area contributed by atoms with Gasteiger partial charge < -0.3 is 4.90 Å². The van der Waals surface area contributed by atoms with Crippen molar-refractivity contribution in [1.82, 2.24) is 9.88 Å². The highest BCUT2D eigenvalue weighted by Crippen LogP contribution is 2.24. The monoisotopic (exact) mass is 259 g/mol. The molecule has 104 valence electrons. The fourth-order valence-electron chi connectivity index (χ4n) is 3.39. The maximum absolute atomic E-state index is 4.81. The molecule has 2 aliphatic rings. The van der Waals surface area contributed by atoms with Gasteiger partial charge in [-0.05, 0) is 50.9 Å². The highest BCUT2D eigenvalue weighted by Gasteiger charge is 2.29. The van der Waals surface area contributed by atoms with Gasteiger partial charge in [-0.2, -0.15) is 0 Å². The number of anilines is 1. The van der Waals surface area contributed by atoms with Crippen molar-refractivity contribution in [3.63, 3.8) is 0 Å². The molecule has 0 saturated carbocycles. The maximum atomic E-state index is 4.81. The number of likely N-dealkylation sites (tertiary alicyclic amines) is 1. The molecule has 0 amide bonds. The number of pyridine rings is 1. The van der Waals surface area contributed by atoms with Crippen LogP contribution in [0.4, 0.5) is 5.82 Å². The van der Waals surface area contributed by atoms with Crippen molar-refractivity contribution >= 4 is 5.82 Å². The zero-order chi connectivity index (χ0) is 13.1. The van der Waals surface area contributed by atoms with Crippen molar-refractivity contribution in [3.05, 3.63) is 23.9 Å². The number of rotatable bonds is 4. The lowest BCUT2D eigenvalue weighted by atomic mass is 10.2. The lowest BCUT2D eigenvalue weighted by Gasteiger charge is -2.24. The average Bonchev–Trinajstić information content (AvgIpc) is 3.11. The molecule has 2 aliphatic heterocycles. The fourth-order valence-corrected chi connectivity index (χ4v) is 3.39. The topological polar surface area (TPSA) is 19.4 Å². The Hall–Kier alpha value is -1.09. The molecule has 0 bridgehead atoms. The third-order valence-corrected chi connectivity index (χ3v) is 4.44. The third-order valence-electron chi connectivity index (χ3n) is 4.44. The third kappa shape index (κ3) is 2.92. The van der Waals surface area contributed by atoms with Crippen molar-refractivity contribution in [2.75, 3.05) is 31.1 Å². The Morgan fingerprint density at radius 2 is 2.05 bits per heavy atom. The van der Waals surface area contributed by atoms with Gasteiger partial charge in [0.1, 0.15) is 5.82 Å². The van der Waals surface area contributed by atoms with Crippen LogP contribution in [0.1, 0.15) is 38.3 Å². The van der Waals surface area contributed by atoms with Crippen LogP contribution >= 0.6 is 0 Å². The number of aryl methyl sites for hydroxylation is 1. The largest absolute Gasteiger partial charge is 0.355 e. The van der Waals surface area contributed by atoms with Gasteiger partial charge >= 0.3 is 0 Å². The zero-order valence-electron chi connectivity index (χ0n) is 12.0. The van der Waals surface area contributed by atoms with Crippen LogP contribution in [0.25, 0.3) is 0 Å². The second-order valence-electron chi connectivity index (χ2n) is 5.87. The first kappa shape index (κ1) is 12.9. The molecule has 0 spiro atoms. The van der Waals surface area contributed by atoms with Crippen molar-refractivity contribution in [3.8, 4) is 0 Å². The summed E-state index contributed by atoms with van der Waals surface area (Å²) in [5.41, 5.74) is 1.24. The molecule has 2 saturated heterocycles. The summed E-state index contributed by atoms with van der Waals surface area (Å²) in [5, 5.41) is 0. The van der Waals surface area contributed by atoms with Gasteiger partial charge in [-0.3, -0.25) is 4.90 Å². The normalized spacial score (nSPS) is 24.3. The molecule has 0 aromatic carbocycles. The van der Waals surface area contributed by atoms with E-state index in [1.54, 1.807) is 0 Å². The SMILES string of the molecule is CCCc1cccc(N2CCC(N3CCCC3)C2)n1. The lowest BCUT2D eigenvalue weighted by Crippen LogP contribution is -2.35. The Kier molecular flexibility index (Phi) is 4.02. The second kappa shape index (κ2) is 5.91. The summed E-state index contributed by atoms with van der Waals surface area (Å²) in [5.74, 6) is 1.19. The van der Waals surface area contributed by atoms with Gasteiger partial charge in [-0.1, -0.05) is 19.4 Å². The molecule has 1 atom stereocenters. The first-order chi connectivity index (χ1) is 9.36. The summed E-state index contributed by atoms with van der Waals surface area (Å²) in [7, 11) is 0. The predicted octanol–water partition coefficient (Wildman–Crippen LogP) is 2.71. The van der Waals surface area contributed by atoms with Gasteiger partial charge in [-0.15, -0.1) is 0 Å². The molecule has 2 fully saturated rings. The minimum atomic E-state index is 0.763. The number of nitrogens with zero attached hydrogens (tertiary/aromatic N) is 3. The minimum absolute atomic E-state index is 0.763. The van der Waals surface area contributed by atoms with E-state index in [2.05, 4.69) is 34.9 Å². The van der Waals surface area contributed by atoms with E-state index in [4.69, 9.17) is 4.98 Å². The highest BCUT2D eigenvalue weighted by atomic mass is 15.3. The van der Waals surface area contributed by atoms with E-state index in [0.717, 1.165) is 12.5 Å². The molecule has 3 heterocycles. The molecule has 1 aromatic rings. The zero-order valence-corrected chi connectivity index (χ0v) is 12.0. The van der Waals surface area contributed by atoms with Crippen LogP contribution in [0.15, 0.2) is 18.2 Å². The first-order valence-electron chi connectivity index (χ1n) is 7.82. The minimum Gasteiger partial charge on any atom is -0.355 e. The molecular weight excluding hydrogens is 234 g/mol. The molecule has 3 rings (SSSR count). The quantitative estimate of drug-likeness (QED) is 0.829. The van der Waals surface area contributed by atoms with Gasteiger partial charge in [0.2, 0.25) is 0 Å². The molecule has 19 heavy (non-hydrogen) atoms. The van der Waals surface area contributed by atoms with Gasteiger partial charge in [0.05, 0.1) is 0 Å². The molecule has 1 unspecified atom stereocenters. The van der Waals surface area contributed by atoms with Crippen molar-refractivity contribution in [1.29, 1.82) is 0 Å². The Morgan fingerprint density at radius 3 is 2.84 bits per heavy atom. The summed E-state index contributed by atoms with van der Waals surface area (Å²) in [6.07, 6.45) is 6.35. The van der Waals surface area contributed by atoms with Crippen molar-refractivity contribution in [2.24, 2.45) is 0 Å². The van der Waals surface area contributed by atoms with E-state index >= 15 is 0 Å². The van der Waals surface area contributed by atoms with E-state index in [-0.39, 0.29) is 0 Å². The number of hydrogen-bond acceptors (Lipinski definition) is 3. The van der Waals surface area contributed by atoms with Gasteiger partial charge in [0.25, 0.3) is 0 Å². The van der Waals surface area contributed by atoms with E-state index in [0.29, 0.717) is 0 Å². The number of hydrogen-bond donors (Lipinski definition) is 0. The van der Waals surface area contributed by atoms with Crippen LogP contribution in [0.3, 0.4) is 0 Å². The van der Waals surface area contributed by atoms with Crippen molar-refractivity contribution < 1.29 is 0 Å².